The molecule has 0 radical (unpaired) electrons. The molecule has 2 N–H and O–H groups in total. The van der Waals surface area contributed by atoms with Gasteiger partial charge in [-0.3, -0.25) is 0 Å². The fraction of sp³-hybridized carbons (Fsp3) is 0.632. The predicted octanol–water partition coefficient (Wildman–Crippen LogP) is 2.83. The Morgan fingerprint density at radius 2 is 1.84 bits per heavy atom. The topological polar surface area (TPSA) is 64.1 Å². The highest BCUT2D eigenvalue weighted by Gasteiger charge is 2.08. The lowest BCUT2D eigenvalue weighted by Crippen LogP contribution is -2.38. The molecule has 1 aromatic rings. The molecule has 1 aromatic carbocycles. The molecule has 1 rings (SSSR count). The first-order valence-corrected chi connectivity index (χ1v) is 9.02. The SMILES string of the molecule is CCNC(=NCC(C)Oc1ccccc1OC)NCCCCCOC. The fourth-order valence-corrected chi connectivity index (χ4v) is 2.29. The van der Waals surface area contributed by atoms with Crippen molar-refractivity contribution in [1.82, 2.24) is 10.6 Å². The number of rotatable bonds is 12. The highest BCUT2D eigenvalue weighted by molar-refractivity contribution is 5.79. The number of methoxy groups -OCH3 is 2. The second-order valence-electron chi connectivity index (χ2n) is 5.78. The number of benzene rings is 1. The molecular formula is C19H33N3O3. The smallest absolute Gasteiger partial charge is 0.191 e. The Morgan fingerprint density at radius 3 is 2.52 bits per heavy atom. The molecule has 0 aliphatic carbocycles. The third-order valence-electron chi connectivity index (χ3n) is 3.57. The van der Waals surface area contributed by atoms with Crippen molar-refractivity contribution in [2.45, 2.75) is 39.2 Å². The third-order valence-corrected chi connectivity index (χ3v) is 3.57. The Morgan fingerprint density at radius 1 is 1.08 bits per heavy atom. The molecule has 6 nitrogen and oxygen atoms in total. The van der Waals surface area contributed by atoms with E-state index >= 15 is 0 Å². The van der Waals surface area contributed by atoms with Crippen molar-refractivity contribution < 1.29 is 14.2 Å². The monoisotopic (exact) mass is 351 g/mol. The van der Waals surface area contributed by atoms with Crippen LogP contribution < -0.4 is 20.1 Å². The molecule has 0 spiro atoms. The number of hydrogen-bond acceptors (Lipinski definition) is 4. The van der Waals surface area contributed by atoms with E-state index in [0.717, 1.165) is 56.4 Å². The second-order valence-corrected chi connectivity index (χ2v) is 5.78. The highest BCUT2D eigenvalue weighted by atomic mass is 16.5. The number of nitrogens with one attached hydrogen (secondary N) is 2. The summed E-state index contributed by atoms with van der Waals surface area (Å²) in [5, 5.41) is 6.62. The fourth-order valence-electron chi connectivity index (χ4n) is 2.29. The normalized spacial score (nSPS) is 12.6. The minimum atomic E-state index is -0.0477. The molecule has 6 heteroatoms. The Hall–Kier alpha value is -1.95. The number of ether oxygens (including phenoxy) is 3. The van der Waals surface area contributed by atoms with E-state index in [1.54, 1.807) is 14.2 Å². The van der Waals surface area contributed by atoms with E-state index in [1.165, 1.54) is 0 Å². The summed E-state index contributed by atoms with van der Waals surface area (Å²) in [6, 6.07) is 7.65. The summed E-state index contributed by atoms with van der Waals surface area (Å²) < 4.78 is 16.3. The maximum Gasteiger partial charge on any atom is 0.191 e. The van der Waals surface area contributed by atoms with Gasteiger partial charge in [-0.15, -0.1) is 0 Å². The highest BCUT2D eigenvalue weighted by Crippen LogP contribution is 2.26. The van der Waals surface area contributed by atoms with Gasteiger partial charge in [0, 0.05) is 26.8 Å². The van der Waals surface area contributed by atoms with Crippen LogP contribution in [-0.2, 0) is 4.74 Å². The largest absolute Gasteiger partial charge is 0.493 e. The molecule has 0 aromatic heterocycles. The average Bonchev–Trinajstić information content (AvgIpc) is 2.63. The van der Waals surface area contributed by atoms with Crippen molar-refractivity contribution in [3.8, 4) is 11.5 Å². The molecule has 0 bridgehead atoms. The van der Waals surface area contributed by atoms with E-state index in [9.17, 15) is 0 Å². The summed E-state index contributed by atoms with van der Waals surface area (Å²) in [5.74, 6) is 2.30. The zero-order chi connectivity index (χ0) is 18.3. The first kappa shape index (κ1) is 21.1. The van der Waals surface area contributed by atoms with Crippen LogP contribution in [0.5, 0.6) is 11.5 Å². The molecule has 0 aliphatic heterocycles. The van der Waals surface area contributed by atoms with Gasteiger partial charge < -0.3 is 24.8 Å². The number of guanidine groups is 1. The summed E-state index contributed by atoms with van der Waals surface area (Å²) in [6.45, 7) is 7.19. The van der Waals surface area contributed by atoms with Crippen LogP contribution in [0.3, 0.4) is 0 Å². The first-order valence-electron chi connectivity index (χ1n) is 9.02. The molecule has 0 aliphatic rings. The van der Waals surface area contributed by atoms with Gasteiger partial charge in [-0.1, -0.05) is 12.1 Å². The van der Waals surface area contributed by atoms with Crippen LogP contribution in [0, 0.1) is 0 Å². The van der Waals surface area contributed by atoms with Gasteiger partial charge in [-0.2, -0.15) is 0 Å². The molecule has 0 amide bonds. The molecule has 0 heterocycles. The molecular weight excluding hydrogens is 318 g/mol. The number of nitrogens with zero attached hydrogens (tertiary/aromatic N) is 1. The average molecular weight is 351 g/mol. The van der Waals surface area contributed by atoms with E-state index in [-0.39, 0.29) is 6.10 Å². The number of aliphatic imine (C=N–C) groups is 1. The molecule has 0 saturated heterocycles. The van der Waals surface area contributed by atoms with E-state index in [4.69, 9.17) is 14.2 Å². The molecule has 0 saturated carbocycles. The van der Waals surface area contributed by atoms with Crippen molar-refractivity contribution in [2.24, 2.45) is 4.99 Å². The molecule has 1 unspecified atom stereocenters. The Bertz CT molecular complexity index is 495. The van der Waals surface area contributed by atoms with Gasteiger partial charge in [0.15, 0.2) is 17.5 Å². The summed E-state index contributed by atoms with van der Waals surface area (Å²) in [7, 11) is 3.38. The number of hydrogen-bond donors (Lipinski definition) is 2. The van der Waals surface area contributed by atoms with Gasteiger partial charge in [0.05, 0.1) is 13.7 Å². The van der Waals surface area contributed by atoms with Crippen molar-refractivity contribution in [3.05, 3.63) is 24.3 Å². The van der Waals surface area contributed by atoms with Gasteiger partial charge in [-0.05, 0) is 45.2 Å². The summed E-state index contributed by atoms with van der Waals surface area (Å²) in [5.41, 5.74) is 0. The van der Waals surface area contributed by atoms with Crippen molar-refractivity contribution in [2.75, 3.05) is 40.5 Å². The molecule has 142 valence electrons. The van der Waals surface area contributed by atoms with Gasteiger partial charge in [-0.25, -0.2) is 4.99 Å². The lowest BCUT2D eigenvalue weighted by Gasteiger charge is -2.16. The van der Waals surface area contributed by atoms with Crippen LogP contribution >= 0.6 is 0 Å². The summed E-state index contributed by atoms with van der Waals surface area (Å²) in [4.78, 5) is 4.60. The maximum atomic E-state index is 5.93. The van der Waals surface area contributed by atoms with Crippen molar-refractivity contribution in [1.29, 1.82) is 0 Å². The lowest BCUT2D eigenvalue weighted by atomic mass is 10.2. The number of para-hydroxylation sites is 2. The molecule has 1 atom stereocenters. The van der Waals surface area contributed by atoms with Gasteiger partial charge in [0.1, 0.15) is 6.10 Å². The van der Waals surface area contributed by atoms with Gasteiger partial charge in [0.2, 0.25) is 0 Å². The van der Waals surface area contributed by atoms with Crippen LogP contribution in [-0.4, -0.2) is 52.5 Å². The van der Waals surface area contributed by atoms with Crippen LogP contribution in [0.1, 0.15) is 33.1 Å². The lowest BCUT2D eigenvalue weighted by molar-refractivity contribution is 0.192. The first-order chi connectivity index (χ1) is 12.2. The predicted molar refractivity (Wildman–Crippen MR) is 103 cm³/mol. The van der Waals surface area contributed by atoms with Crippen LogP contribution in [0.25, 0.3) is 0 Å². The van der Waals surface area contributed by atoms with Crippen LogP contribution in [0.15, 0.2) is 29.3 Å². The standard InChI is InChI=1S/C19H33N3O3/c1-5-20-19(21-13-9-6-10-14-23-3)22-15-16(2)25-18-12-8-7-11-17(18)24-4/h7-8,11-12,16H,5-6,9-10,13-15H2,1-4H3,(H2,20,21,22). The Kier molecular flexibility index (Phi) is 11.3. The van der Waals surface area contributed by atoms with E-state index in [0.29, 0.717) is 6.54 Å². The second kappa shape index (κ2) is 13.4. The molecule has 0 fully saturated rings. The van der Waals surface area contributed by atoms with Crippen LogP contribution in [0.2, 0.25) is 0 Å². The van der Waals surface area contributed by atoms with Crippen LogP contribution in [0.4, 0.5) is 0 Å². The van der Waals surface area contributed by atoms with Crippen molar-refractivity contribution >= 4 is 5.96 Å². The third kappa shape index (κ3) is 9.19. The van der Waals surface area contributed by atoms with Gasteiger partial charge in [0.25, 0.3) is 0 Å². The Labute approximate surface area is 152 Å². The number of unbranched alkanes of at least 4 members (excludes halogenated alkanes) is 2. The minimum Gasteiger partial charge on any atom is -0.493 e. The Balaban J connectivity index is 2.41. The summed E-state index contributed by atoms with van der Waals surface area (Å²) >= 11 is 0. The minimum absolute atomic E-state index is 0.0477. The maximum absolute atomic E-state index is 5.93. The zero-order valence-electron chi connectivity index (χ0n) is 16.0. The van der Waals surface area contributed by atoms with Crippen molar-refractivity contribution in [3.63, 3.8) is 0 Å². The van der Waals surface area contributed by atoms with E-state index in [2.05, 4.69) is 22.5 Å². The van der Waals surface area contributed by atoms with E-state index in [1.807, 2.05) is 31.2 Å². The quantitative estimate of drug-likeness (QED) is 0.344. The van der Waals surface area contributed by atoms with Gasteiger partial charge >= 0.3 is 0 Å². The summed E-state index contributed by atoms with van der Waals surface area (Å²) in [6.07, 6.45) is 3.29. The zero-order valence-corrected chi connectivity index (χ0v) is 16.0. The van der Waals surface area contributed by atoms with E-state index < -0.39 is 0 Å². The molecule has 25 heavy (non-hydrogen) atoms.